The summed E-state index contributed by atoms with van der Waals surface area (Å²) >= 11 is 0. The van der Waals surface area contributed by atoms with E-state index in [1.165, 1.54) is 18.2 Å². The number of aliphatic imine (C=N–C) groups is 1. The molecule has 3 rings (SSSR count). The first kappa shape index (κ1) is 22.3. The normalized spacial score (nSPS) is 24.2. The van der Waals surface area contributed by atoms with E-state index >= 15 is 0 Å². The molecule has 0 spiro atoms. The van der Waals surface area contributed by atoms with E-state index in [0.717, 1.165) is 0 Å². The fourth-order valence-electron chi connectivity index (χ4n) is 3.37. The maximum atomic E-state index is 12.6. The number of para-hydroxylation sites is 1. The highest BCUT2D eigenvalue weighted by atomic mass is 16.5. The van der Waals surface area contributed by atoms with Crippen LogP contribution >= 0.6 is 0 Å². The number of ether oxygens (including phenoxy) is 1. The van der Waals surface area contributed by atoms with Gasteiger partial charge in [-0.3, -0.25) is 19.6 Å². The third-order valence-corrected chi connectivity index (χ3v) is 5.27. The van der Waals surface area contributed by atoms with Crippen molar-refractivity contribution in [2.24, 2.45) is 10.9 Å². The molecule has 2 aliphatic rings. The molecule has 31 heavy (non-hydrogen) atoms. The molecular weight excluding hydrogens is 408 g/mol. The molecule has 1 aromatic rings. The number of aromatic hydroxyl groups is 2. The Labute approximate surface area is 178 Å². The number of phenols is 2. The van der Waals surface area contributed by atoms with Gasteiger partial charge in [-0.05, 0) is 31.9 Å². The Morgan fingerprint density at radius 2 is 2.10 bits per heavy atom. The van der Waals surface area contributed by atoms with Crippen molar-refractivity contribution < 1.29 is 34.5 Å². The Hall–Kier alpha value is -3.34. The summed E-state index contributed by atoms with van der Waals surface area (Å²) in [7, 11) is 0. The summed E-state index contributed by atoms with van der Waals surface area (Å²) in [5, 5.41) is 34.9. The maximum Gasteiger partial charge on any atom is 0.268 e. The van der Waals surface area contributed by atoms with Crippen molar-refractivity contribution in [3.63, 3.8) is 0 Å². The van der Waals surface area contributed by atoms with Crippen LogP contribution in [0.2, 0.25) is 0 Å². The fourth-order valence-corrected chi connectivity index (χ4v) is 3.37. The maximum absolute atomic E-state index is 12.6. The van der Waals surface area contributed by atoms with Gasteiger partial charge < -0.3 is 25.6 Å². The summed E-state index contributed by atoms with van der Waals surface area (Å²) < 4.78 is 5.57. The molecule has 1 aromatic carbocycles. The Morgan fingerprint density at radius 1 is 1.35 bits per heavy atom. The molecule has 4 atom stereocenters. The van der Waals surface area contributed by atoms with E-state index in [0.29, 0.717) is 17.9 Å². The van der Waals surface area contributed by atoms with Gasteiger partial charge in [-0.2, -0.15) is 0 Å². The van der Waals surface area contributed by atoms with Crippen molar-refractivity contribution >= 4 is 23.6 Å². The van der Waals surface area contributed by atoms with Gasteiger partial charge in [0.2, 0.25) is 17.7 Å². The smallest absolute Gasteiger partial charge is 0.268 e. The second kappa shape index (κ2) is 9.21. The zero-order valence-electron chi connectivity index (χ0n) is 17.2. The zero-order chi connectivity index (χ0) is 22.7. The van der Waals surface area contributed by atoms with E-state index in [1.807, 2.05) is 0 Å². The molecule has 0 saturated carbocycles. The summed E-state index contributed by atoms with van der Waals surface area (Å²) in [6.45, 7) is 3.50. The SMILES string of the molecule is CC(CNC(=O)C1N=C(c2cccc(O)c2O)OC1C)C(=O)NC1CCCN(O)C1=O. The molecule has 3 amide bonds. The molecule has 11 nitrogen and oxygen atoms in total. The van der Waals surface area contributed by atoms with Crippen molar-refractivity contribution in [1.82, 2.24) is 15.7 Å². The van der Waals surface area contributed by atoms with Gasteiger partial charge in [-0.1, -0.05) is 13.0 Å². The van der Waals surface area contributed by atoms with E-state index in [-0.39, 0.29) is 30.3 Å². The predicted octanol–water partition coefficient (Wildman–Crippen LogP) is -0.120. The molecular formula is C20H26N4O7. The van der Waals surface area contributed by atoms with Gasteiger partial charge in [-0.25, -0.2) is 10.1 Å². The van der Waals surface area contributed by atoms with E-state index in [9.17, 15) is 29.8 Å². The summed E-state index contributed by atoms with van der Waals surface area (Å²) in [5.74, 6) is -2.73. The lowest BCUT2D eigenvalue weighted by Gasteiger charge is -2.28. The molecule has 168 valence electrons. The van der Waals surface area contributed by atoms with Crippen LogP contribution in [-0.4, -0.2) is 75.4 Å². The number of rotatable bonds is 6. The summed E-state index contributed by atoms with van der Waals surface area (Å²) in [6.07, 6.45) is 0.403. The quantitative estimate of drug-likeness (QED) is 0.308. The lowest BCUT2D eigenvalue weighted by Crippen LogP contribution is -2.53. The molecule has 5 N–H and O–H groups in total. The number of hydrogen-bond donors (Lipinski definition) is 5. The zero-order valence-corrected chi connectivity index (χ0v) is 17.2. The van der Waals surface area contributed by atoms with Crippen LogP contribution in [0, 0.1) is 5.92 Å². The lowest BCUT2D eigenvalue weighted by molar-refractivity contribution is -0.173. The number of benzene rings is 1. The highest BCUT2D eigenvalue weighted by Gasteiger charge is 2.35. The van der Waals surface area contributed by atoms with Crippen LogP contribution in [0.3, 0.4) is 0 Å². The molecule has 1 fully saturated rings. The average Bonchev–Trinajstić information content (AvgIpc) is 3.12. The van der Waals surface area contributed by atoms with Crippen LogP contribution in [0.15, 0.2) is 23.2 Å². The van der Waals surface area contributed by atoms with Gasteiger partial charge in [0.25, 0.3) is 5.91 Å². The van der Waals surface area contributed by atoms with Crippen molar-refractivity contribution in [3.8, 4) is 11.5 Å². The first-order valence-electron chi connectivity index (χ1n) is 10.0. The molecule has 2 aliphatic heterocycles. The number of amides is 3. The molecule has 0 bridgehead atoms. The number of hydroxylamine groups is 2. The molecule has 0 radical (unpaired) electrons. The molecule has 0 aromatic heterocycles. The highest BCUT2D eigenvalue weighted by molar-refractivity contribution is 6.01. The summed E-state index contributed by atoms with van der Waals surface area (Å²) in [5.41, 5.74) is 0.171. The molecule has 4 unspecified atom stereocenters. The third-order valence-electron chi connectivity index (χ3n) is 5.27. The van der Waals surface area contributed by atoms with Crippen molar-refractivity contribution in [3.05, 3.63) is 23.8 Å². The number of hydrogen-bond acceptors (Lipinski definition) is 8. The van der Waals surface area contributed by atoms with Crippen LogP contribution < -0.4 is 10.6 Å². The van der Waals surface area contributed by atoms with Gasteiger partial charge in [0.1, 0.15) is 12.1 Å². The Balaban J connectivity index is 1.56. The second-order valence-electron chi connectivity index (χ2n) is 7.69. The third kappa shape index (κ3) is 4.88. The van der Waals surface area contributed by atoms with Crippen LogP contribution in [-0.2, 0) is 19.1 Å². The standard InChI is InChI=1S/C20H26N4O7/c1-10(17(27)22-13-6-4-8-24(30)20(13)29)9-21-18(28)15-11(2)31-19(23-15)12-5-3-7-14(25)16(12)26/h3,5,7,10-11,13,15,25-26,30H,4,6,8-9H2,1-2H3,(H,21,28)(H,22,27). The summed E-state index contributed by atoms with van der Waals surface area (Å²) in [4.78, 5) is 41.0. The number of phenolic OH excluding ortho intramolecular Hbond substituents is 2. The minimum atomic E-state index is -0.894. The molecule has 11 heteroatoms. The van der Waals surface area contributed by atoms with Crippen molar-refractivity contribution in [2.75, 3.05) is 13.1 Å². The van der Waals surface area contributed by atoms with Crippen LogP contribution in [0.1, 0.15) is 32.3 Å². The topological polar surface area (TPSA) is 161 Å². The molecule has 2 heterocycles. The first-order chi connectivity index (χ1) is 14.7. The fraction of sp³-hybridized carbons (Fsp3) is 0.500. The van der Waals surface area contributed by atoms with Gasteiger partial charge in [0, 0.05) is 13.1 Å². The number of nitrogens with one attached hydrogen (secondary N) is 2. The minimum Gasteiger partial charge on any atom is -0.504 e. The number of carbonyl (C=O) groups excluding carboxylic acids is 3. The van der Waals surface area contributed by atoms with Crippen molar-refractivity contribution in [1.29, 1.82) is 0 Å². The van der Waals surface area contributed by atoms with Crippen LogP contribution in [0.4, 0.5) is 0 Å². The lowest BCUT2D eigenvalue weighted by atomic mass is 10.0. The molecule has 0 aliphatic carbocycles. The van der Waals surface area contributed by atoms with Crippen LogP contribution in [0.5, 0.6) is 11.5 Å². The largest absolute Gasteiger partial charge is 0.504 e. The highest BCUT2D eigenvalue weighted by Crippen LogP contribution is 2.31. The number of piperidine rings is 1. The van der Waals surface area contributed by atoms with E-state index in [4.69, 9.17) is 4.74 Å². The van der Waals surface area contributed by atoms with Gasteiger partial charge in [-0.15, -0.1) is 0 Å². The Kier molecular flexibility index (Phi) is 6.64. The number of carbonyl (C=O) groups is 3. The minimum absolute atomic E-state index is 0.0138. The van der Waals surface area contributed by atoms with Gasteiger partial charge in [0.05, 0.1) is 11.5 Å². The number of nitrogens with zero attached hydrogens (tertiary/aromatic N) is 2. The Morgan fingerprint density at radius 3 is 2.84 bits per heavy atom. The molecule has 1 saturated heterocycles. The van der Waals surface area contributed by atoms with Crippen molar-refractivity contribution in [2.45, 2.75) is 44.9 Å². The van der Waals surface area contributed by atoms with Crippen LogP contribution in [0.25, 0.3) is 0 Å². The average molecular weight is 434 g/mol. The van der Waals surface area contributed by atoms with E-state index in [2.05, 4.69) is 15.6 Å². The first-order valence-corrected chi connectivity index (χ1v) is 10.0. The van der Waals surface area contributed by atoms with E-state index < -0.39 is 47.6 Å². The Bertz CT molecular complexity index is 904. The van der Waals surface area contributed by atoms with Gasteiger partial charge >= 0.3 is 0 Å². The summed E-state index contributed by atoms with van der Waals surface area (Å²) in [6, 6.07) is 2.66. The predicted molar refractivity (Wildman–Crippen MR) is 107 cm³/mol. The van der Waals surface area contributed by atoms with Gasteiger partial charge in [0.15, 0.2) is 17.5 Å². The second-order valence-corrected chi connectivity index (χ2v) is 7.69. The monoisotopic (exact) mass is 434 g/mol. The van der Waals surface area contributed by atoms with E-state index in [1.54, 1.807) is 13.8 Å².